The molecular formula is C28H32FN5O3. The maximum absolute atomic E-state index is 15.1. The molecule has 0 aromatic carbocycles. The van der Waals surface area contributed by atoms with E-state index in [4.69, 9.17) is 4.52 Å². The maximum atomic E-state index is 15.1. The quantitative estimate of drug-likeness (QED) is 0.388. The van der Waals surface area contributed by atoms with Crippen molar-refractivity contribution in [1.29, 1.82) is 0 Å². The average molecular weight is 506 g/mol. The van der Waals surface area contributed by atoms with Gasteiger partial charge in [-0.3, -0.25) is 14.6 Å². The molecule has 2 N–H and O–H groups in total. The van der Waals surface area contributed by atoms with Crippen molar-refractivity contribution >= 4 is 17.6 Å². The van der Waals surface area contributed by atoms with Gasteiger partial charge in [-0.2, -0.15) is 4.39 Å². The van der Waals surface area contributed by atoms with E-state index in [1.807, 2.05) is 33.8 Å². The van der Waals surface area contributed by atoms with Crippen LogP contribution >= 0.6 is 0 Å². The molecule has 2 aliphatic rings. The average Bonchev–Trinajstić information content (AvgIpc) is 3.80. The van der Waals surface area contributed by atoms with Crippen LogP contribution in [0.5, 0.6) is 0 Å². The highest BCUT2D eigenvalue weighted by Crippen LogP contribution is 2.51. The van der Waals surface area contributed by atoms with E-state index >= 15 is 4.39 Å². The summed E-state index contributed by atoms with van der Waals surface area (Å²) in [6, 6.07) is 4.27. The van der Waals surface area contributed by atoms with Crippen LogP contribution in [0.15, 0.2) is 35.2 Å². The molecule has 194 valence electrons. The molecule has 0 unspecified atom stereocenters. The van der Waals surface area contributed by atoms with E-state index in [0.29, 0.717) is 39.9 Å². The van der Waals surface area contributed by atoms with E-state index in [0.717, 1.165) is 31.2 Å². The van der Waals surface area contributed by atoms with Gasteiger partial charge in [0.05, 0.1) is 5.69 Å². The van der Waals surface area contributed by atoms with Crippen LogP contribution in [0.3, 0.4) is 0 Å². The van der Waals surface area contributed by atoms with Crippen molar-refractivity contribution in [3.63, 3.8) is 0 Å². The lowest BCUT2D eigenvalue weighted by Crippen LogP contribution is -2.50. The van der Waals surface area contributed by atoms with Crippen molar-refractivity contribution in [2.24, 2.45) is 17.8 Å². The number of amides is 2. The first-order valence-corrected chi connectivity index (χ1v) is 12.9. The molecule has 5 rings (SSSR count). The number of carbonyl (C=O) groups excluding carboxylic acids is 2. The molecule has 0 saturated heterocycles. The summed E-state index contributed by atoms with van der Waals surface area (Å²) in [4.78, 5) is 35.1. The Labute approximate surface area is 215 Å². The molecule has 8 nitrogen and oxygen atoms in total. The van der Waals surface area contributed by atoms with E-state index in [-0.39, 0.29) is 17.7 Å². The number of hydrogen-bond acceptors (Lipinski definition) is 6. The van der Waals surface area contributed by atoms with Gasteiger partial charge in [0.15, 0.2) is 0 Å². The minimum absolute atomic E-state index is 0.00707. The molecule has 0 aliphatic heterocycles. The molecule has 37 heavy (non-hydrogen) atoms. The molecule has 2 amide bonds. The zero-order valence-corrected chi connectivity index (χ0v) is 21.5. The Bertz CT molecular complexity index is 1320. The highest BCUT2D eigenvalue weighted by Gasteiger charge is 2.48. The summed E-state index contributed by atoms with van der Waals surface area (Å²) in [6.45, 7) is 7.56. The van der Waals surface area contributed by atoms with Crippen LogP contribution in [0.4, 0.5) is 10.2 Å². The lowest BCUT2D eigenvalue weighted by Gasteiger charge is -2.27. The molecule has 0 bridgehead atoms. The van der Waals surface area contributed by atoms with Crippen molar-refractivity contribution in [1.82, 2.24) is 20.4 Å². The zero-order chi connectivity index (χ0) is 26.3. The highest BCUT2D eigenvalue weighted by molar-refractivity contribution is 6.01. The molecule has 2 saturated carbocycles. The van der Waals surface area contributed by atoms with Crippen LogP contribution in [0, 0.1) is 37.5 Å². The van der Waals surface area contributed by atoms with Crippen molar-refractivity contribution in [2.75, 3.05) is 5.32 Å². The number of pyridine rings is 2. The second-order valence-corrected chi connectivity index (χ2v) is 10.6. The fourth-order valence-electron chi connectivity index (χ4n) is 5.10. The van der Waals surface area contributed by atoms with Gasteiger partial charge in [0, 0.05) is 23.0 Å². The van der Waals surface area contributed by atoms with E-state index in [1.165, 1.54) is 6.26 Å². The summed E-state index contributed by atoms with van der Waals surface area (Å²) < 4.78 is 20.1. The normalized spacial score (nSPS) is 16.2. The van der Waals surface area contributed by atoms with Gasteiger partial charge in [0.1, 0.15) is 23.7 Å². The first-order chi connectivity index (χ1) is 17.7. The minimum Gasteiger partial charge on any atom is -0.364 e. The number of aryl methyl sites for hydroxylation is 2. The number of nitrogens with one attached hydrogen (secondary N) is 2. The van der Waals surface area contributed by atoms with Gasteiger partial charge in [-0.25, -0.2) is 4.98 Å². The van der Waals surface area contributed by atoms with Crippen molar-refractivity contribution in [3.8, 4) is 11.1 Å². The third-order valence-electron chi connectivity index (χ3n) is 7.29. The van der Waals surface area contributed by atoms with Gasteiger partial charge in [-0.1, -0.05) is 19.0 Å². The lowest BCUT2D eigenvalue weighted by molar-refractivity contribution is -0.119. The summed E-state index contributed by atoms with van der Waals surface area (Å²) in [5, 5.41) is 9.68. The minimum atomic E-state index is -0.768. The summed E-state index contributed by atoms with van der Waals surface area (Å²) in [6.07, 6.45) is 7.20. The summed E-state index contributed by atoms with van der Waals surface area (Å²) in [5.41, 5.74) is 3.46. The SMILES string of the molecule is Cc1cnc(C)c(-c2ccc(NC(=O)[C@@H](NC(=O)c3conc3C(C)C)C(C3CC3)C3CC3)nc2F)c1. The van der Waals surface area contributed by atoms with Gasteiger partial charge < -0.3 is 15.2 Å². The number of rotatable bonds is 9. The van der Waals surface area contributed by atoms with Crippen LogP contribution in [-0.2, 0) is 4.79 Å². The van der Waals surface area contributed by atoms with Gasteiger partial charge >= 0.3 is 0 Å². The topological polar surface area (TPSA) is 110 Å². The Morgan fingerprint density at radius 1 is 1.08 bits per heavy atom. The molecule has 0 radical (unpaired) electrons. The molecular weight excluding hydrogens is 473 g/mol. The molecule has 0 spiro atoms. The summed E-state index contributed by atoms with van der Waals surface area (Å²) >= 11 is 0. The molecule has 3 aromatic heterocycles. The van der Waals surface area contributed by atoms with Gasteiger partial charge in [-0.15, -0.1) is 0 Å². The predicted molar refractivity (Wildman–Crippen MR) is 136 cm³/mol. The summed E-state index contributed by atoms with van der Waals surface area (Å²) in [7, 11) is 0. The third kappa shape index (κ3) is 5.40. The summed E-state index contributed by atoms with van der Waals surface area (Å²) in [5.74, 6) is -0.591. The van der Waals surface area contributed by atoms with E-state index < -0.39 is 23.8 Å². The van der Waals surface area contributed by atoms with Crippen LogP contribution in [0.2, 0.25) is 0 Å². The monoisotopic (exact) mass is 505 g/mol. The Kier molecular flexibility index (Phi) is 6.79. The van der Waals surface area contributed by atoms with Crippen molar-refractivity contribution < 1.29 is 18.5 Å². The maximum Gasteiger partial charge on any atom is 0.257 e. The molecule has 2 fully saturated rings. The number of anilines is 1. The molecule has 2 aliphatic carbocycles. The molecule has 1 atom stereocenters. The number of carbonyl (C=O) groups is 2. The molecule has 9 heteroatoms. The van der Waals surface area contributed by atoms with Gasteiger partial charge in [-0.05, 0) is 87.0 Å². The van der Waals surface area contributed by atoms with E-state index in [1.54, 1.807) is 18.3 Å². The zero-order valence-electron chi connectivity index (χ0n) is 21.5. The second-order valence-electron chi connectivity index (χ2n) is 10.6. The number of halogens is 1. The fraction of sp³-hybridized carbons (Fsp3) is 0.464. The van der Waals surface area contributed by atoms with Crippen LogP contribution in [-0.4, -0.2) is 33.0 Å². The fourth-order valence-corrected chi connectivity index (χ4v) is 5.10. The predicted octanol–water partition coefficient (Wildman–Crippen LogP) is 5.18. The number of aromatic nitrogens is 3. The van der Waals surface area contributed by atoms with Crippen LogP contribution in [0.1, 0.15) is 72.8 Å². The largest absolute Gasteiger partial charge is 0.364 e. The standard InChI is InChI=1S/C28H32FN5O3/c1-14(2)24-21(13-37-34-24)27(35)33-25(23(17-5-6-17)18-7-8-18)28(36)32-22-10-9-19(26(29)31-22)20-11-15(3)12-30-16(20)4/h9-14,17-18,23,25H,5-8H2,1-4H3,(H,33,35)(H,31,32,36)/t25-/m0/s1. The van der Waals surface area contributed by atoms with Crippen molar-refractivity contribution in [2.45, 2.75) is 65.3 Å². The van der Waals surface area contributed by atoms with Crippen LogP contribution in [0.25, 0.3) is 11.1 Å². The van der Waals surface area contributed by atoms with Crippen LogP contribution < -0.4 is 10.6 Å². The number of nitrogens with zero attached hydrogens (tertiary/aromatic N) is 3. The number of hydrogen-bond donors (Lipinski definition) is 2. The lowest BCUT2D eigenvalue weighted by atomic mass is 9.88. The highest BCUT2D eigenvalue weighted by atomic mass is 19.1. The Morgan fingerprint density at radius 2 is 1.78 bits per heavy atom. The van der Waals surface area contributed by atoms with Gasteiger partial charge in [0.2, 0.25) is 11.9 Å². The van der Waals surface area contributed by atoms with E-state index in [9.17, 15) is 9.59 Å². The van der Waals surface area contributed by atoms with Gasteiger partial charge in [0.25, 0.3) is 5.91 Å². The van der Waals surface area contributed by atoms with E-state index in [2.05, 4.69) is 25.8 Å². The smallest absolute Gasteiger partial charge is 0.257 e. The third-order valence-corrected chi connectivity index (χ3v) is 7.29. The molecule has 3 aromatic rings. The Morgan fingerprint density at radius 3 is 2.41 bits per heavy atom. The Hall–Kier alpha value is -3.62. The first kappa shape index (κ1) is 25.0. The Balaban J connectivity index is 1.39. The van der Waals surface area contributed by atoms with Crippen molar-refractivity contribution in [3.05, 3.63) is 59.1 Å². The molecule has 3 heterocycles. The second kappa shape index (κ2) is 10.0. The first-order valence-electron chi connectivity index (χ1n) is 12.9.